The van der Waals surface area contributed by atoms with Gasteiger partial charge in [0.15, 0.2) is 0 Å². The molecule has 2 aromatic carbocycles. The van der Waals surface area contributed by atoms with Gasteiger partial charge in [-0.05, 0) is 85.2 Å². The van der Waals surface area contributed by atoms with Crippen LogP contribution < -0.4 is 10.1 Å². The van der Waals surface area contributed by atoms with Crippen LogP contribution in [0.3, 0.4) is 0 Å². The number of carbonyl (C=O) groups is 1. The number of nitrogens with one attached hydrogen (secondary N) is 1. The molecule has 2 heterocycles. The quantitative estimate of drug-likeness (QED) is 0.438. The van der Waals surface area contributed by atoms with Crippen molar-refractivity contribution in [3.63, 3.8) is 0 Å². The highest BCUT2D eigenvalue weighted by molar-refractivity contribution is 8.22. The summed E-state index contributed by atoms with van der Waals surface area (Å²) < 4.78 is 11.6. The lowest BCUT2D eigenvalue weighted by molar-refractivity contribution is -0.158. The van der Waals surface area contributed by atoms with E-state index < -0.39 is 5.60 Å². The largest absolute Gasteiger partial charge is 0.493 e. The Bertz CT molecular complexity index is 979. The minimum Gasteiger partial charge on any atom is -0.493 e. The van der Waals surface area contributed by atoms with E-state index in [-0.39, 0.29) is 28.8 Å². The van der Waals surface area contributed by atoms with E-state index in [1.165, 1.54) is 16.0 Å². The van der Waals surface area contributed by atoms with E-state index >= 15 is 0 Å². The van der Waals surface area contributed by atoms with Gasteiger partial charge in [-0.3, -0.25) is 4.79 Å². The van der Waals surface area contributed by atoms with Gasteiger partial charge in [-0.25, -0.2) is 0 Å². The number of ether oxygens (including phenoxy) is 2. The molecule has 2 aliphatic heterocycles. The lowest BCUT2D eigenvalue weighted by Crippen LogP contribution is -2.42. The average molecular weight is 452 g/mol. The second-order valence-electron chi connectivity index (χ2n) is 9.36. The van der Waals surface area contributed by atoms with Crippen molar-refractivity contribution in [1.82, 2.24) is 5.32 Å². The summed E-state index contributed by atoms with van der Waals surface area (Å²) in [7, 11) is -0.323. The summed E-state index contributed by atoms with van der Waals surface area (Å²) in [5, 5.41) is 7.87. The highest BCUT2D eigenvalue weighted by Gasteiger charge is 2.36. The molecule has 0 bridgehead atoms. The first-order chi connectivity index (χ1) is 15.4. The van der Waals surface area contributed by atoms with Crippen LogP contribution in [-0.2, 0) is 16.0 Å². The van der Waals surface area contributed by atoms with Crippen LogP contribution in [0.25, 0.3) is 0 Å². The van der Waals surface area contributed by atoms with Crippen LogP contribution in [0.5, 0.6) is 5.75 Å². The number of esters is 1. The first-order valence-electron chi connectivity index (χ1n) is 11.3. The van der Waals surface area contributed by atoms with Gasteiger partial charge in [-0.15, -0.1) is 0 Å². The fraction of sp³-hybridized carbons (Fsp3) is 0.370. The Balaban J connectivity index is 1.34. The fourth-order valence-electron chi connectivity index (χ4n) is 4.11. The topological polar surface area (TPSA) is 47.6 Å². The smallest absolute Gasteiger partial charge is 0.324 e. The maximum atomic E-state index is 12.5. The van der Waals surface area contributed by atoms with Gasteiger partial charge in [0.2, 0.25) is 0 Å². The van der Waals surface area contributed by atoms with E-state index in [1.54, 1.807) is 0 Å². The molecule has 0 spiro atoms. The minimum atomic E-state index is -0.479. The summed E-state index contributed by atoms with van der Waals surface area (Å²) >= 11 is 0. The molecule has 4 nitrogen and oxygen atoms in total. The molecular weight excluding hydrogens is 418 g/mol. The van der Waals surface area contributed by atoms with E-state index in [9.17, 15) is 4.79 Å². The molecule has 0 aromatic heterocycles. The number of thiol groups is 1. The second-order valence-corrected chi connectivity index (χ2v) is 11.3. The molecule has 32 heavy (non-hydrogen) atoms. The van der Waals surface area contributed by atoms with Crippen LogP contribution in [0, 0.1) is 5.92 Å². The van der Waals surface area contributed by atoms with Crippen molar-refractivity contribution in [2.45, 2.75) is 50.2 Å². The zero-order chi connectivity index (χ0) is 22.6. The van der Waals surface area contributed by atoms with Crippen molar-refractivity contribution in [2.75, 3.05) is 13.2 Å². The van der Waals surface area contributed by atoms with Crippen LogP contribution in [0.1, 0.15) is 38.3 Å². The molecule has 2 atom stereocenters. The van der Waals surface area contributed by atoms with Crippen LogP contribution in [0.15, 0.2) is 76.4 Å². The summed E-state index contributed by atoms with van der Waals surface area (Å²) in [4.78, 5) is 13.9. The van der Waals surface area contributed by atoms with Gasteiger partial charge in [-0.1, -0.05) is 42.5 Å². The lowest BCUT2D eigenvalue weighted by Gasteiger charge is -2.25. The van der Waals surface area contributed by atoms with Gasteiger partial charge in [0.25, 0.3) is 0 Å². The molecule has 0 amide bonds. The fourth-order valence-corrected chi connectivity index (χ4v) is 5.85. The Morgan fingerprint density at radius 2 is 1.78 bits per heavy atom. The Hall–Kier alpha value is -2.50. The molecule has 1 unspecified atom stereocenters. The molecule has 2 aliphatic rings. The number of hydrogen-bond donors (Lipinski definition) is 2. The van der Waals surface area contributed by atoms with Crippen LogP contribution in [0.2, 0.25) is 0 Å². The first-order valence-corrected chi connectivity index (χ1v) is 12.8. The minimum absolute atomic E-state index is 0.117. The van der Waals surface area contributed by atoms with Gasteiger partial charge in [0, 0.05) is 5.92 Å². The molecule has 170 valence electrons. The van der Waals surface area contributed by atoms with Crippen molar-refractivity contribution in [2.24, 2.45) is 5.92 Å². The third-order valence-corrected chi connectivity index (χ3v) is 7.65. The summed E-state index contributed by atoms with van der Waals surface area (Å²) in [5.41, 5.74) is 2.16. The third kappa shape index (κ3) is 5.84. The number of hydrogen-bond acceptors (Lipinski definition) is 4. The predicted octanol–water partition coefficient (Wildman–Crippen LogP) is 5.38. The SMILES string of the molecule is CC(C)(C)OC(=O)C1NCC[C@@H]1COc1ccc(Cc2ccccc2[SH]2C=CC=C2)cc1. The molecule has 0 radical (unpaired) electrons. The lowest BCUT2D eigenvalue weighted by atomic mass is 10.0. The van der Waals surface area contributed by atoms with Crippen molar-refractivity contribution < 1.29 is 14.3 Å². The highest BCUT2D eigenvalue weighted by atomic mass is 32.2. The molecule has 0 aliphatic carbocycles. The number of benzene rings is 2. The van der Waals surface area contributed by atoms with Crippen molar-refractivity contribution in [3.8, 4) is 5.75 Å². The maximum Gasteiger partial charge on any atom is 0.324 e. The van der Waals surface area contributed by atoms with Crippen molar-refractivity contribution in [3.05, 3.63) is 82.6 Å². The van der Waals surface area contributed by atoms with E-state index in [1.807, 2.05) is 32.9 Å². The number of carbonyl (C=O) groups excluding carboxylic acids is 1. The number of rotatable bonds is 7. The Labute approximate surface area is 194 Å². The van der Waals surface area contributed by atoms with Gasteiger partial charge in [0.05, 0.1) is 6.61 Å². The van der Waals surface area contributed by atoms with Crippen LogP contribution in [-0.4, -0.2) is 30.8 Å². The van der Waals surface area contributed by atoms with E-state index in [0.717, 1.165) is 25.1 Å². The zero-order valence-corrected chi connectivity index (χ0v) is 20.0. The number of allylic oxidation sites excluding steroid dienone is 2. The van der Waals surface area contributed by atoms with Crippen LogP contribution >= 0.6 is 10.9 Å². The second kappa shape index (κ2) is 9.97. The third-order valence-electron chi connectivity index (χ3n) is 5.67. The molecular formula is C27H33NO3S. The Morgan fingerprint density at radius 3 is 2.50 bits per heavy atom. The summed E-state index contributed by atoms with van der Waals surface area (Å²) in [6.45, 7) is 7.00. The molecule has 1 N–H and O–H groups in total. The van der Waals surface area contributed by atoms with E-state index in [0.29, 0.717) is 6.61 Å². The monoisotopic (exact) mass is 451 g/mol. The highest BCUT2D eigenvalue weighted by Crippen LogP contribution is 2.44. The summed E-state index contributed by atoms with van der Waals surface area (Å²) in [5.74, 6) is 0.764. The van der Waals surface area contributed by atoms with Crippen LogP contribution in [0.4, 0.5) is 0 Å². The maximum absolute atomic E-state index is 12.5. The molecule has 0 saturated carbocycles. The zero-order valence-electron chi connectivity index (χ0n) is 19.1. The van der Waals surface area contributed by atoms with E-state index in [4.69, 9.17) is 9.47 Å². The average Bonchev–Trinajstić information content (AvgIpc) is 3.45. The predicted molar refractivity (Wildman–Crippen MR) is 132 cm³/mol. The standard InChI is InChI=1S/C27H33NO3S/c1-27(2,3)31-26(29)25-22(14-15-28-25)19-30-23-12-10-20(11-13-23)18-21-8-4-5-9-24(21)32-16-6-7-17-32/h4-13,16-17,22,25,28,32H,14-15,18-19H2,1-3H3/t22-,25?/m1/s1. The normalized spacial score (nSPS) is 21.2. The van der Waals surface area contributed by atoms with Gasteiger partial charge < -0.3 is 14.8 Å². The van der Waals surface area contributed by atoms with E-state index in [2.05, 4.69) is 64.7 Å². The Morgan fingerprint density at radius 1 is 1.06 bits per heavy atom. The first kappa shape index (κ1) is 22.7. The molecule has 4 rings (SSSR count). The molecule has 1 fully saturated rings. The summed E-state index contributed by atoms with van der Waals surface area (Å²) in [6.07, 6.45) is 6.10. The van der Waals surface area contributed by atoms with Gasteiger partial charge in [-0.2, -0.15) is 10.9 Å². The molecule has 1 saturated heterocycles. The molecule has 5 heteroatoms. The molecule has 2 aromatic rings. The van der Waals surface area contributed by atoms with Crippen molar-refractivity contribution >= 4 is 16.9 Å². The van der Waals surface area contributed by atoms with Gasteiger partial charge in [0.1, 0.15) is 17.4 Å². The van der Waals surface area contributed by atoms with Gasteiger partial charge >= 0.3 is 5.97 Å². The summed E-state index contributed by atoms with van der Waals surface area (Å²) in [6, 6.07) is 16.8. The Kier molecular flexibility index (Phi) is 7.07. The van der Waals surface area contributed by atoms with Crippen molar-refractivity contribution in [1.29, 1.82) is 0 Å².